The first-order chi connectivity index (χ1) is 14.4. The first kappa shape index (κ1) is 21.9. The van der Waals surface area contributed by atoms with E-state index in [2.05, 4.69) is 4.98 Å². The van der Waals surface area contributed by atoms with E-state index in [1.54, 1.807) is 18.2 Å². The largest absolute Gasteiger partial charge is 0.416 e. The third-order valence-electron chi connectivity index (χ3n) is 4.35. The second-order valence-corrected chi connectivity index (χ2v) is 6.54. The Morgan fingerprint density at radius 2 is 1.74 bits per heavy atom. The Morgan fingerprint density at radius 3 is 2.26 bits per heavy atom. The number of primary amides is 1. The molecule has 1 amide bonds. The fourth-order valence-corrected chi connectivity index (χ4v) is 3.01. The third-order valence-corrected chi connectivity index (χ3v) is 4.35. The topological polar surface area (TPSA) is 84.7 Å². The fraction of sp³-hybridized carbons (Fsp3) is 0.150. The van der Waals surface area contributed by atoms with Crippen molar-refractivity contribution in [2.24, 2.45) is 5.73 Å². The highest BCUT2D eigenvalue weighted by Crippen LogP contribution is 2.36. The van der Waals surface area contributed by atoms with Crippen molar-refractivity contribution in [3.05, 3.63) is 70.6 Å². The van der Waals surface area contributed by atoms with Crippen LogP contribution in [-0.2, 0) is 23.7 Å². The highest BCUT2D eigenvalue weighted by atomic mass is 19.4. The number of carbonyl (C=O) groups is 1. The molecule has 3 aromatic rings. The van der Waals surface area contributed by atoms with Gasteiger partial charge in [0.05, 0.1) is 11.1 Å². The predicted octanol–water partition coefficient (Wildman–Crippen LogP) is 4.51. The monoisotopic (exact) mass is 438 g/mol. The van der Waals surface area contributed by atoms with E-state index < -0.39 is 29.4 Å². The van der Waals surface area contributed by atoms with Crippen LogP contribution in [0.3, 0.4) is 0 Å². The number of pyridine rings is 1. The van der Waals surface area contributed by atoms with Crippen LogP contribution in [0.2, 0.25) is 0 Å². The van der Waals surface area contributed by atoms with Gasteiger partial charge in [0, 0.05) is 29.9 Å². The zero-order valence-corrected chi connectivity index (χ0v) is 15.4. The summed E-state index contributed by atoms with van der Waals surface area (Å²) >= 11 is 0. The molecule has 3 rings (SSSR count). The van der Waals surface area contributed by atoms with E-state index in [9.17, 15) is 31.1 Å². The Bertz CT molecular complexity index is 1200. The Morgan fingerprint density at radius 1 is 1.13 bits per heavy atom. The van der Waals surface area contributed by atoms with Crippen molar-refractivity contribution in [2.45, 2.75) is 18.9 Å². The van der Waals surface area contributed by atoms with Gasteiger partial charge in [-0.1, -0.05) is 0 Å². The van der Waals surface area contributed by atoms with Crippen LogP contribution < -0.4 is 5.73 Å². The molecule has 31 heavy (non-hydrogen) atoms. The molecule has 0 fully saturated rings. The number of benzene rings is 1. The summed E-state index contributed by atoms with van der Waals surface area (Å²) < 4.78 is 80.1. The molecule has 2 heterocycles. The van der Waals surface area contributed by atoms with Gasteiger partial charge in [0.25, 0.3) is 5.91 Å². The summed E-state index contributed by atoms with van der Waals surface area (Å²) in [6, 6.07) is 6.06. The van der Waals surface area contributed by atoms with Crippen molar-refractivity contribution >= 4 is 23.0 Å². The molecule has 0 aliphatic carbocycles. The Hall–Kier alpha value is -3.81. The summed E-state index contributed by atoms with van der Waals surface area (Å²) in [5.41, 5.74) is 2.18. The van der Waals surface area contributed by atoms with Crippen LogP contribution in [0.1, 0.15) is 22.3 Å². The molecule has 2 N–H and O–H groups in total. The maximum absolute atomic E-state index is 13.1. The van der Waals surface area contributed by atoms with Crippen molar-refractivity contribution in [1.29, 1.82) is 5.26 Å². The molecule has 1 aromatic carbocycles. The molecule has 0 spiro atoms. The predicted molar refractivity (Wildman–Crippen MR) is 98.1 cm³/mol. The number of hydrogen-bond acceptors (Lipinski definition) is 3. The molecule has 0 aliphatic rings. The van der Waals surface area contributed by atoms with E-state index in [4.69, 9.17) is 11.0 Å². The number of alkyl halides is 6. The van der Waals surface area contributed by atoms with Crippen LogP contribution in [0.15, 0.2) is 48.3 Å². The average molecular weight is 438 g/mol. The zero-order chi connectivity index (χ0) is 23.0. The lowest BCUT2D eigenvalue weighted by Gasteiger charge is -2.14. The van der Waals surface area contributed by atoms with Gasteiger partial charge >= 0.3 is 12.4 Å². The SMILES string of the molecule is N#C/C(=C\c1cn(Cc2cc(C(F)(F)F)cc(C(F)(F)F)c2)c2ncccc12)C(N)=O. The minimum atomic E-state index is -4.97. The lowest BCUT2D eigenvalue weighted by molar-refractivity contribution is -0.143. The van der Waals surface area contributed by atoms with Crippen LogP contribution in [0.5, 0.6) is 0 Å². The highest BCUT2D eigenvalue weighted by molar-refractivity contribution is 6.02. The van der Waals surface area contributed by atoms with Gasteiger partial charge < -0.3 is 10.3 Å². The van der Waals surface area contributed by atoms with Gasteiger partial charge in [0.15, 0.2) is 0 Å². The van der Waals surface area contributed by atoms with E-state index in [0.717, 1.165) is 0 Å². The van der Waals surface area contributed by atoms with Gasteiger partial charge in [-0.2, -0.15) is 31.6 Å². The second-order valence-electron chi connectivity index (χ2n) is 6.54. The number of carbonyl (C=O) groups excluding carboxylic acids is 1. The lowest BCUT2D eigenvalue weighted by Crippen LogP contribution is -2.13. The van der Waals surface area contributed by atoms with Gasteiger partial charge in [0.2, 0.25) is 0 Å². The fourth-order valence-electron chi connectivity index (χ4n) is 3.01. The third kappa shape index (κ3) is 4.69. The van der Waals surface area contributed by atoms with E-state index in [0.29, 0.717) is 23.1 Å². The molecule has 0 saturated carbocycles. The molecule has 0 atom stereocenters. The number of halogens is 6. The zero-order valence-electron chi connectivity index (χ0n) is 15.4. The van der Waals surface area contributed by atoms with E-state index >= 15 is 0 Å². The van der Waals surface area contributed by atoms with Gasteiger partial charge in [-0.15, -0.1) is 0 Å². The number of hydrogen-bond donors (Lipinski definition) is 1. The van der Waals surface area contributed by atoms with Crippen LogP contribution >= 0.6 is 0 Å². The van der Waals surface area contributed by atoms with Gasteiger partial charge in [-0.25, -0.2) is 4.98 Å². The first-order valence-corrected chi connectivity index (χ1v) is 8.54. The number of rotatable bonds is 4. The summed E-state index contributed by atoms with van der Waals surface area (Å²) in [5, 5.41) is 9.46. The molecular formula is C20H12F6N4O. The van der Waals surface area contributed by atoms with Crippen LogP contribution in [0, 0.1) is 11.3 Å². The summed E-state index contributed by atoms with van der Waals surface area (Å²) in [4.78, 5) is 15.4. The number of fused-ring (bicyclic) bond motifs is 1. The number of nitrogens with zero attached hydrogens (tertiary/aromatic N) is 3. The minimum Gasteiger partial charge on any atom is -0.365 e. The summed E-state index contributed by atoms with van der Waals surface area (Å²) in [6.45, 7) is -0.368. The molecule has 0 radical (unpaired) electrons. The summed E-state index contributed by atoms with van der Waals surface area (Å²) in [5.74, 6) is -0.986. The molecule has 0 bridgehead atoms. The van der Waals surface area contributed by atoms with Crippen molar-refractivity contribution in [3.8, 4) is 6.07 Å². The smallest absolute Gasteiger partial charge is 0.365 e. The van der Waals surface area contributed by atoms with Gasteiger partial charge in [-0.3, -0.25) is 4.79 Å². The molecule has 0 saturated heterocycles. The van der Waals surface area contributed by atoms with E-state index in [-0.39, 0.29) is 29.4 Å². The lowest BCUT2D eigenvalue weighted by atomic mass is 10.0. The molecular weight excluding hydrogens is 426 g/mol. The maximum atomic E-state index is 13.1. The molecule has 0 unspecified atom stereocenters. The molecule has 5 nitrogen and oxygen atoms in total. The van der Waals surface area contributed by atoms with Crippen LogP contribution in [-0.4, -0.2) is 15.5 Å². The summed E-state index contributed by atoms with van der Waals surface area (Å²) in [7, 11) is 0. The molecule has 160 valence electrons. The first-order valence-electron chi connectivity index (χ1n) is 8.54. The standard InChI is InChI=1S/C20H12F6N4O/c21-19(22,23)14-4-11(5-15(7-14)20(24,25)26)9-30-10-13(6-12(8-27)17(28)31)16-2-1-3-29-18(16)30/h1-7,10H,9H2,(H2,28,31)/b12-6+. The van der Waals surface area contributed by atoms with Crippen molar-refractivity contribution in [1.82, 2.24) is 9.55 Å². The Kier molecular flexibility index (Phi) is 5.50. The van der Waals surface area contributed by atoms with E-state index in [1.165, 1.54) is 23.0 Å². The Labute approximate surface area is 171 Å². The molecule has 2 aromatic heterocycles. The molecule has 0 aliphatic heterocycles. The van der Waals surface area contributed by atoms with Crippen LogP contribution in [0.25, 0.3) is 17.1 Å². The highest BCUT2D eigenvalue weighted by Gasteiger charge is 2.36. The quantitative estimate of drug-likeness (QED) is 0.370. The molecule has 11 heteroatoms. The van der Waals surface area contributed by atoms with Crippen LogP contribution in [0.4, 0.5) is 26.3 Å². The number of aromatic nitrogens is 2. The normalized spacial score (nSPS) is 12.7. The summed E-state index contributed by atoms with van der Waals surface area (Å²) in [6.07, 6.45) is -6.01. The van der Waals surface area contributed by atoms with E-state index in [1.807, 2.05) is 0 Å². The van der Waals surface area contributed by atoms with Crippen molar-refractivity contribution in [2.75, 3.05) is 0 Å². The number of nitriles is 1. The van der Waals surface area contributed by atoms with Gasteiger partial charge in [0.1, 0.15) is 17.3 Å². The van der Waals surface area contributed by atoms with Crippen molar-refractivity contribution < 1.29 is 31.1 Å². The number of amides is 1. The Balaban J connectivity index is 2.15. The van der Waals surface area contributed by atoms with Crippen molar-refractivity contribution in [3.63, 3.8) is 0 Å². The minimum absolute atomic E-state index is 0.0513. The van der Waals surface area contributed by atoms with Gasteiger partial charge in [-0.05, 0) is 42.0 Å². The maximum Gasteiger partial charge on any atom is 0.416 e. The average Bonchev–Trinajstić information content (AvgIpc) is 3.01. The second kappa shape index (κ2) is 7.79. The number of nitrogens with two attached hydrogens (primary N) is 1.